The molecule has 0 amide bonds. The van der Waals surface area contributed by atoms with Crippen molar-refractivity contribution in [3.05, 3.63) is 53.2 Å². The summed E-state index contributed by atoms with van der Waals surface area (Å²) in [5, 5.41) is 20.5. The highest BCUT2D eigenvalue weighted by Gasteiger charge is 2.49. The van der Waals surface area contributed by atoms with E-state index in [9.17, 15) is 10.2 Å². The second-order valence-corrected chi connectivity index (χ2v) is 8.51. The number of phenolic OH excluding ortho intramolecular Hbond substituents is 1. The minimum atomic E-state index is 0.103. The van der Waals surface area contributed by atoms with Gasteiger partial charge < -0.3 is 10.2 Å². The number of rotatable bonds is 3. The molecule has 4 saturated carbocycles. The predicted molar refractivity (Wildman–Crippen MR) is 96.6 cm³/mol. The second kappa shape index (κ2) is 5.76. The highest BCUT2D eigenvalue weighted by Crippen LogP contribution is 2.60. The molecule has 4 fully saturated rings. The van der Waals surface area contributed by atoms with Crippen LogP contribution >= 0.6 is 0 Å². The fourth-order valence-electron chi connectivity index (χ4n) is 6.20. The summed E-state index contributed by atoms with van der Waals surface area (Å²) in [5.74, 6) is 4.47. The van der Waals surface area contributed by atoms with Crippen LogP contribution in [0.15, 0.2) is 36.5 Å². The largest absolute Gasteiger partial charge is 0.508 e. The average molecular weight is 335 g/mol. The molecular formula is C22H25NO2. The van der Waals surface area contributed by atoms with Gasteiger partial charge in [0.1, 0.15) is 5.75 Å². The molecule has 4 bridgehead atoms. The zero-order valence-electron chi connectivity index (χ0n) is 14.4. The Morgan fingerprint density at radius 1 is 0.920 bits per heavy atom. The van der Waals surface area contributed by atoms with Crippen molar-refractivity contribution in [3.8, 4) is 11.6 Å². The molecule has 0 spiro atoms. The highest BCUT2D eigenvalue weighted by atomic mass is 16.3. The third kappa shape index (κ3) is 2.61. The van der Waals surface area contributed by atoms with Crippen LogP contribution in [0.3, 0.4) is 0 Å². The lowest BCUT2D eigenvalue weighted by Crippen LogP contribution is -2.43. The van der Waals surface area contributed by atoms with Gasteiger partial charge in [-0.2, -0.15) is 0 Å². The van der Waals surface area contributed by atoms with Crippen LogP contribution < -0.4 is 0 Å². The first-order valence-electron chi connectivity index (χ1n) is 9.62. The fourth-order valence-corrected chi connectivity index (χ4v) is 6.20. The van der Waals surface area contributed by atoms with Crippen LogP contribution in [-0.4, -0.2) is 15.2 Å². The molecule has 3 heteroatoms. The monoisotopic (exact) mass is 335 g/mol. The number of hydrogen-bond acceptors (Lipinski definition) is 3. The van der Waals surface area contributed by atoms with Crippen molar-refractivity contribution >= 4 is 0 Å². The van der Waals surface area contributed by atoms with Gasteiger partial charge in [-0.25, -0.2) is 4.98 Å². The third-order valence-corrected chi connectivity index (χ3v) is 6.94. The Balaban J connectivity index is 1.47. The molecule has 130 valence electrons. The van der Waals surface area contributed by atoms with E-state index in [0.29, 0.717) is 18.1 Å². The third-order valence-electron chi connectivity index (χ3n) is 6.94. The van der Waals surface area contributed by atoms with Crippen molar-refractivity contribution in [1.29, 1.82) is 0 Å². The molecule has 0 radical (unpaired) electrons. The van der Waals surface area contributed by atoms with Crippen molar-refractivity contribution in [1.82, 2.24) is 4.98 Å². The lowest BCUT2D eigenvalue weighted by molar-refractivity contribution is -0.00349. The normalized spacial score (nSPS) is 32.9. The van der Waals surface area contributed by atoms with Gasteiger partial charge in [-0.15, -0.1) is 0 Å². The zero-order chi connectivity index (χ0) is 17.0. The summed E-state index contributed by atoms with van der Waals surface area (Å²) in [6.07, 6.45) is 9.12. The first-order valence-corrected chi connectivity index (χ1v) is 9.62. The Kier molecular flexibility index (Phi) is 3.51. The molecule has 4 aliphatic rings. The Hall–Kier alpha value is -2.03. The van der Waals surface area contributed by atoms with Gasteiger partial charge in [0.25, 0.3) is 0 Å². The summed E-state index contributed by atoms with van der Waals surface area (Å²) in [6, 6.07) is 9.78. The molecule has 0 atom stereocenters. The van der Waals surface area contributed by atoms with Crippen LogP contribution in [0.5, 0.6) is 11.6 Å². The maximum atomic E-state index is 10.6. The van der Waals surface area contributed by atoms with E-state index in [4.69, 9.17) is 0 Å². The Labute approximate surface area is 148 Å². The Morgan fingerprint density at radius 3 is 2.32 bits per heavy atom. The summed E-state index contributed by atoms with van der Waals surface area (Å²) < 4.78 is 0. The number of aromatic hydroxyl groups is 2. The summed E-state index contributed by atoms with van der Waals surface area (Å²) >= 11 is 0. The van der Waals surface area contributed by atoms with Crippen LogP contribution in [0.25, 0.3) is 0 Å². The lowest BCUT2D eigenvalue weighted by Gasteiger charge is -2.54. The van der Waals surface area contributed by atoms with E-state index >= 15 is 0 Å². The molecule has 25 heavy (non-hydrogen) atoms. The van der Waals surface area contributed by atoms with Gasteiger partial charge in [-0.05, 0) is 85.0 Å². The quantitative estimate of drug-likeness (QED) is 0.860. The lowest BCUT2D eigenvalue weighted by atomic mass is 9.50. The number of hydrogen-bond donors (Lipinski definition) is 2. The summed E-state index contributed by atoms with van der Waals surface area (Å²) in [6.45, 7) is 0. The average Bonchev–Trinajstić information content (AvgIpc) is 2.58. The van der Waals surface area contributed by atoms with E-state index in [1.54, 1.807) is 6.20 Å². The molecule has 0 aliphatic heterocycles. The molecule has 4 aliphatic carbocycles. The number of benzene rings is 1. The Morgan fingerprint density at radius 2 is 1.64 bits per heavy atom. The molecule has 1 aromatic carbocycles. The summed E-state index contributed by atoms with van der Waals surface area (Å²) in [4.78, 5) is 3.97. The smallest absolute Gasteiger partial charge is 0.214 e. The van der Waals surface area contributed by atoms with Crippen molar-refractivity contribution in [3.63, 3.8) is 0 Å². The fraction of sp³-hybridized carbons (Fsp3) is 0.500. The molecule has 3 nitrogen and oxygen atoms in total. The van der Waals surface area contributed by atoms with E-state index in [-0.39, 0.29) is 5.88 Å². The standard InChI is InChI=1S/C22H25NO2/c24-20-4-3-13(7-16-2-1-5-23-22(16)25)12-19(20)21-17-8-14-6-15(10-17)11-18(21)9-14/h1-5,12,14-15,17-18,21,24H,6-11H2,(H,23,25). The molecular weight excluding hydrogens is 310 g/mol. The molecule has 2 aromatic rings. The summed E-state index contributed by atoms with van der Waals surface area (Å²) in [5.41, 5.74) is 3.13. The van der Waals surface area contributed by atoms with E-state index in [1.165, 1.54) is 32.1 Å². The van der Waals surface area contributed by atoms with Crippen LogP contribution in [0.4, 0.5) is 0 Å². The number of pyridine rings is 1. The molecule has 1 heterocycles. The predicted octanol–water partition coefficient (Wildman–Crippen LogP) is 4.62. The van der Waals surface area contributed by atoms with Gasteiger partial charge in [0.15, 0.2) is 0 Å². The van der Waals surface area contributed by atoms with Gasteiger partial charge in [-0.3, -0.25) is 0 Å². The van der Waals surface area contributed by atoms with Gasteiger partial charge >= 0.3 is 0 Å². The van der Waals surface area contributed by atoms with E-state index in [2.05, 4.69) is 11.1 Å². The molecule has 6 rings (SSSR count). The van der Waals surface area contributed by atoms with Crippen LogP contribution in [0.1, 0.15) is 54.7 Å². The van der Waals surface area contributed by atoms with Gasteiger partial charge in [0.2, 0.25) is 5.88 Å². The minimum Gasteiger partial charge on any atom is -0.508 e. The Bertz CT molecular complexity index is 772. The molecule has 1 aromatic heterocycles. The van der Waals surface area contributed by atoms with Crippen molar-refractivity contribution in [2.75, 3.05) is 0 Å². The van der Waals surface area contributed by atoms with Crippen LogP contribution in [-0.2, 0) is 6.42 Å². The molecule has 0 unspecified atom stereocenters. The summed E-state index contributed by atoms with van der Waals surface area (Å²) in [7, 11) is 0. The van der Waals surface area contributed by atoms with Crippen molar-refractivity contribution in [2.45, 2.75) is 44.4 Å². The number of aromatic nitrogens is 1. The minimum absolute atomic E-state index is 0.103. The van der Waals surface area contributed by atoms with Gasteiger partial charge in [0.05, 0.1) is 0 Å². The van der Waals surface area contributed by atoms with Gasteiger partial charge in [-0.1, -0.05) is 18.2 Å². The highest BCUT2D eigenvalue weighted by molar-refractivity contribution is 5.42. The first-order chi connectivity index (χ1) is 12.2. The van der Waals surface area contributed by atoms with Gasteiger partial charge in [0, 0.05) is 18.2 Å². The zero-order valence-corrected chi connectivity index (χ0v) is 14.4. The topological polar surface area (TPSA) is 53.4 Å². The SMILES string of the molecule is Oc1ccc(Cc2cccnc2O)cc1C1C2CC3CC(C2)CC1C3. The maximum Gasteiger partial charge on any atom is 0.214 e. The van der Waals surface area contributed by atoms with E-state index < -0.39 is 0 Å². The van der Waals surface area contributed by atoms with Crippen LogP contribution in [0.2, 0.25) is 0 Å². The molecule has 2 N–H and O–H groups in total. The maximum absolute atomic E-state index is 10.6. The first kappa shape index (κ1) is 15.2. The number of nitrogens with zero attached hydrogens (tertiary/aromatic N) is 1. The van der Waals surface area contributed by atoms with Crippen LogP contribution in [0, 0.1) is 23.7 Å². The van der Waals surface area contributed by atoms with Crippen molar-refractivity contribution in [2.24, 2.45) is 23.7 Å². The van der Waals surface area contributed by atoms with E-state index in [1.807, 2.05) is 24.3 Å². The number of phenols is 1. The van der Waals surface area contributed by atoms with E-state index in [0.717, 1.165) is 40.4 Å². The van der Waals surface area contributed by atoms with Crippen molar-refractivity contribution < 1.29 is 10.2 Å². The second-order valence-electron chi connectivity index (χ2n) is 8.51. The molecule has 0 saturated heterocycles.